The van der Waals surface area contributed by atoms with Crippen molar-refractivity contribution < 1.29 is 13.2 Å². The molecule has 0 aromatic rings. The fourth-order valence-electron chi connectivity index (χ4n) is 3.36. The van der Waals surface area contributed by atoms with Crippen LogP contribution in [-0.4, -0.2) is 24.2 Å². The quantitative estimate of drug-likeness (QED) is 0.432. The topological polar surface area (TPSA) is 54.5 Å². The fraction of sp³-hybridized carbons (Fsp3) is 0.833. The molecule has 6 heteroatoms. The van der Waals surface area contributed by atoms with Crippen molar-refractivity contribution in [1.29, 1.82) is 0 Å². The molecular weight excluding hydrogens is 346 g/mol. The molecule has 0 aromatic heterocycles. The van der Waals surface area contributed by atoms with Crippen molar-refractivity contribution in [3.63, 3.8) is 0 Å². The first-order valence-corrected chi connectivity index (χ1v) is 11.1. The van der Waals surface area contributed by atoms with Crippen LogP contribution in [0.2, 0.25) is 0 Å². The average Bonchev–Trinajstić information content (AvgIpc) is 2.72. The third kappa shape index (κ3) is 5.48. The van der Waals surface area contributed by atoms with Crippen LogP contribution in [0.25, 0.3) is 0 Å². The van der Waals surface area contributed by atoms with Gasteiger partial charge >= 0.3 is 0 Å². The highest BCUT2D eigenvalue weighted by atomic mass is 35.5. The molecule has 0 bridgehead atoms. The lowest BCUT2D eigenvalue weighted by Gasteiger charge is -2.38. The highest BCUT2D eigenvalue weighted by Gasteiger charge is 2.47. The van der Waals surface area contributed by atoms with Crippen LogP contribution >= 0.6 is 11.6 Å². The monoisotopic (exact) mass is 377 g/mol. The smallest absolute Gasteiger partial charge is 0.269 e. The number of carbonyl (C=O) groups excluding carboxylic acids is 1. The zero-order chi connectivity index (χ0) is 18.2. The van der Waals surface area contributed by atoms with Crippen LogP contribution in [0.1, 0.15) is 91.4 Å². The Labute approximate surface area is 152 Å². The summed E-state index contributed by atoms with van der Waals surface area (Å²) >= 11 is 5.80. The molecular formula is C18H32ClNO3S. The number of nitrogens with zero attached hydrogens (tertiary/aromatic N) is 1. The molecule has 0 aromatic carbocycles. The molecule has 1 amide bonds. The zero-order valence-electron chi connectivity index (χ0n) is 15.3. The zero-order valence-corrected chi connectivity index (χ0v) is 16.9. The highest BCUT2D eigenvalue weighted by Crippen LogP contribution is 2.38. The van der Waals surface area contributed by atoms with Crippen LogP contribution in [-0.2, 0) is 14.8 Å². The summed E-state index contributed by atoms with van der Waals surface area (Å²) in [5.74, 6) is -0.494. The highest BCUT2D eigenvalue weighted by molar-refractivity contribution is 7.95. The van der Waals surface area contributed by atoms with Crippen LogP contribution in [0, 0.1) is 0 Å². The largest absolute Gasteiger partial charge is 0.278 e. The summed E-state index contributed by atoms with van der Waals surface area (Å²) in [6.07, 6.45) is 12.2. The summed E-state index contributed by atoms with van der Waals surface area (Å²) < 4.78 is 25.7. The maximum atomic E-state index is 12.5. The molecule has 1 aliphatic heterocycles. The van der Waals surface area contributed by atoms with Gasteiger partial charge in [0.1, 0.15) is 0 Å². The number of hydrogen-bond acceptors (Lipinski definition) is 3. The van der Waals surface area contributed by atoms with Gasteiger partial charge < -0.3 is 0 Å². The predicted molar refractivity (Wildman–Crippen MR) is 100 cm³/mol. The van der Waals surface area contributed by atoms with E-state index in [0.29, 0.717) is 12.8 Å². The van der Waals surface area contributed by atoms with Crippen molar-refractivity contribution >= 4 is 27.5 Å². The molecule has 1 atom stereocenters. The number of amides is 1. The van der Waals surface area contributed by atoms with E-state index in [-0.39, 0.29) is 4.36 Å². The van der Waals surface area contributed by atoms with Gasteiger partial charge in [0, 0.05) is 6.08 Å². The lowest BCUT2D eigenvalue weighted by Crippen LogP contribution is -2.49. The normalized spacial score (nSPS) is 19.4. The number of unbranched alkanes of at least 4 members (excludes halogenated alkanes) is 7. The van der Waals surface area contributed by atoms with Crippen molar-refractivity contribution in [3.05, 3.63) is 10.4 Å². The fourth-order valence-corrected chi connectivity index (χ4v) is 5.14. The molecule has 0 N–H and O–H groups in total. The molecule has 4 nitrogen and oxygen atoms in total. The van der Waals surface area contributed by atoms with Crippen LogP contribution < -0.4 is 0 Å². The first-order chi connectivity index (χ1) is 11.3. The number of sulfonamides is 1. The van der Waals surface area contributed by atoms with Gasteiger partial charge in [0.15, 0.2) is 4.36 Å². The molecule has 1 aliphatic rings. The van der Waals surface area contributed by atoms with Gasteiger partial charge in [-0.3, -0.25) is 4.79 Å². The number of rotatable bonds is 12. The molecule has 0 spiro atoms. The lowest BCUT2D eigenvalue weighted by molar-refractivity contribution is -0.125. The lowest BCUT2D eigenvalue weighted by atomic mass is 9.88. The van der Waals surface area contributed by atoms with E-state index in [0.717, 1.165) is 55.3 Å². The van der Waals surface area contributed by atoms with Gasteiger partial charge in [-0.15, -0.1) is 0 Å². The summed E-state index contributed by atoms with van der Waals surface area (Å²) in [4.78, 5) is 12.3. The number of halogens is 1. The van der Waals surface area contributed by atoms with Gasteiger partial charge in [-0.2, -0.15) is 8.42 Å². The van der Waals surface area contributed by atoms with Crippen molar-refractivity contribution in [2.75, 3.05) is 0 Å². The van der Waals surface area contributed by atoms with E-state index >= 15 is 0 Å². The molecule has 0 radical (unpaired) electrons. The molecule has 140 valence electrons. The Bertz CT molecular complexity index is 544. The van der Waals surface area contributed by atoms with Gasteiger partial charge in [0.05, 0.1) is 5.54 Å². The summed E-state index contributed by atoms with van der Waals surface area (Å²) in [6, 6.07) is 0. The van der Waals surface area contributed by atoms with Crippen molar-refractivity contribution in [1.82, 2.24) is 4.31 Å². The van der Waals surface area contributed by atoms with Gasteiger partial charge in [-0.05, 0) is 19.8 Å². The van der Waals surface area contributed by atoms with E-state index in [1.54, 1.807) is 0 Å². The molecule has 0 saturated carbocycles. The van der Waals surface area contributed by atoms with Crippen LogP contribution in [0.15, 0.2) is 10.4 Å². The first kappa shape index (κ1) is 21.5. The molecule has 1 heterocycles. The van der Waals surface area contributed by atoms with Crippen LogP contribution in [0.4, 0.5) is 0 Å². The number of carbonyl (C=O) groups is 1. The van der Waals surface area contributed by atoms with E-state index in [1.165, 1.54) is 12.8 Å². The van der Waals surface area contributed by atoms with E-state index in [4.69, 9.17) is 11.6 Å². The van der Waals surface area contributed by atoms with Crippen molar-refractivity contribution in [3.8, 4) is 0 Å². The number of hydrogen-bond donors (Lipinski definition) is 0. The SMILES string of the molecule is CCCCCCCC(C)(CCCCCC)N1C(=O)C=C(Cl)S1(=O)=O. The van der Waals surface area contributed by atoms with Gasteiger partial charge in [-0.25, -0.2) is 4.31 Å². The second-order valence-electron chi connectivity index (χ2n) is 7.03. The second kappa shape index (κ2) is 9.81. The van der Waals surface area contributed by atoms with Crippen molar-refractivity contribution in [2.24, 2.45) is 0 Å². The van der Waals surface area contributed by atoms with E-state index in [1.807, 2.05) is 6.92 Å². The molecule has 0 saturated heterocycles. The molecule has 0 fully saturated rings. The summed E-state index contributed by atoms with van der Waals surface area (Å²) in [5, 5.41) is 0. The Balaban J connectivity index is 2.82. The minimum atomic E-state index is -3.85. The minimum Gasteiger partial charge on any atom is -0.269 e. The van der Waals surface area contributed by atoms with Crippen LogP contribution in [0.5, 0.6) is 0 Å². The van der Waals surface area contributed by atoms with Gasteiger partial charge in [-0.1, -0.05) is 83.2 Å². The predicted octanol–water partition coefficient (Wildman–Crippen LogP) is 5.33. The van der Waals surface area contributed by atoms with E-state index in [2.05, 4.69) is 13.8 Å². The van der Waals surface area contributed by atoms with Gasteiger partial charge in [0.2, 0.25) is 0 Å². The first-order valence-electron chi connectivity index (χ1n) is 9.26. The van der Waals surface area contributed by atoms with E-state index < -0.39 is 21.5 Å². The summed E-state index contributed by atoms with van der Waals surface area (Å²) in [6.45, 7) is 6.21. The Kier molecular flexibility index (Phi) is 8.78. The Hall–Kier alpha value is -0.550. The van der Waals surface area contributed by atoms with Crippen molar-refractivity contribution in [2.45, 2.75) is 96.9 Å². The van der Waals surface area contributed by atoms with Gasteiger partial charge in [0.25, 0.3) is 15.9 Å². The average molecular weight is 378 g/mol. The molecule has 24 heavy (non-hydrogen) atoms. The summed E-state index contributed by atoms with van der Waals surface area (Å²) in [7, 11) is -3.85. The second-order valence-corrected chi connectivity index (χ2v) is 9.41. The van der Waals surface area contributed by atoms with Crippen LogP contribution in [0.3, 0.4) is 0 Å². The standard InChI is InChI=1S/C18H32ClNO3S/c1-4-6-8-10-12-14-18(3,13-11-9-7-5-2)20-17(21)15-16(19)24(20,22)23/h15H,4-14H2,1-3H3. The maximum absolute atomic E-state index is 12.5. The third-order valence-electron chi connectivity index (χ3n) is 4.80. The molecule has 1 unspecified atom stereocenters. The summed E-state index contributed by atoms with van der Waals surface area (Å²) in [5.41, 5.74) is -0.678. The third-order valence-corrected chi connectivity index (χ3v) is 7.21. The maximum Gasteiger partial charge on any atom is 0.278 e. The Morgan fingerprint density at radius 3 is 1.83 bits per heavy atom. The minimum absolute atomic E-state index is 0.349. The molecule has 1 rings (SSSR count). The Morgan fingerprint density at radius 1 is 0.958 bits per heavy atom. The molecule has 0 aliphatic carbocycles. The Morgan fingerprint density at radius 2 is 1.42 bits per heavy atom. The van der Waals surface area contributed by atoms with E-state index in [9.17, 15) is 13.2 Å².